The fraction of sp³-hybridized carbons (Fsp3) is 0.739. The highest BCUT2D eigenvalue weighted by atomic mass is 15.5. The van der Waals surface area contributed by atoms with Crippen molar-refractivity contribution in [2.24, 2.45) is 0 Å². The molecule has 7 nitrogen and oxygen atoms in total. The zero-order valence-electron chi connectivity index (χ0n) is 18.9. The Kier molecular flexibility index (Phi) is 10.4. The second kappa shape index (κ2) is 13.6. The number of rotatable bonds is 15. The normalized spacial score (nSPS) is 16.4. The van der Waals surface area contributed by atoms with Crippen LogP contribution in [0.1, 0.15) is 58.3 Å². The van der Waals surface area contributed by atoms with Gasteiger partial charge in [-0.2, -0.15) is 0 Å². The molecule has 1 saturated heterocycles. The number of unbranched alkanes of at least 4 members (excludes halogenated alkanes) is 5. The second-order valence-electron chi connectivity index (χ2n) is 8.68. The lowest BCUT2D eigenvalue weighted by atomic mass is 10.1. The van der Waals surface area contributed by atoms with Crippen LogP contribution in [0.2, 0.25) is 0 Å². The first-order valence-electron chi connectivity index (χ1n) is 11.9. The lowest BCUT2D eigenvalue weighted by molar-refractivity contribution is -0.0315. The van der Waals surface area contributed by atoms with Crippen LogP contribution in [-0.4, -0.2) is 73.4 Å². The van der Waals surface area contributed by atoms with E-state index < -0.39 is 0 Å². The van der Waals surface area contributed by atoms with Gasteiger partial charge in [0, 0.05) is 57.5 Å². The van der Waals surface area contributed by atoms with Gasteiger partial charge in [-0.25, -0.2) is 9.97 Å². The van der Waals surface area contributed by atoms with Gasteiger partial charge in [0.15, 0.2) is 0 Å². The van der Waals surface area contributed by atoms with E-state index in [4.69, 9.17) is 0 Å². The van der Waals surface area contributed by atoms with Crippen molar-refractivity contribution >= 4 is 0 Å². The topological polar surface area (TPSA) is 45.4 Å². The SMILES string of the molecule is CCCCCCCCN1CN(CCCn2ccnc2)CN(CCCn2ccnc2)C1. The van der Waals surface area contributed by atoms with Crippen LogP contribution < -0.4 is 0 Å². The van der Waals surface area contributed by atoms with E-state index in [1.54, 1.807) is 0 Å². The summed E-state index contributed by atoms with van der Waals surface area (Å²) in [5, 5.41) is 0. The lowest BCUT2D eigenvalue weighted by Gasteiger charge is -2.42. The molecule has 3 heterocycles. The Bertz CT molecular complexity index is 592. The molecule has 0 aromatic carbocycles. The summed E-state index contributed by atoms with van der Waals surface area (Å²) < 4.78 is 4.36. The predicted molar refractivity (Wildman–Crippen MR) is 122 cm³/mol. The minimum absolute atomic E-state index is 1.05. The van der Waals surface area contributed by atoms with E-state index in [1.165, 1.54) is 57.9 Å². The van der Waals surface area contributed by atoms with Gasteiger partial charge in [-0.05, 0) is 19.3 Å². The van der Waals surface area contributed by atoms with E-state index in [-0.39, 0.29) is 0 Å². The van der Waals surface area contributed by atoms with Gasteiger partial charge in [0.2, 0.25) is 0 Å². The molecule has 0 radical (unpaired) electrons. The quantitative estimate of drug-likeness (QED) is 0.415. The average molecular weight is 416 g/mol. The van der Waals surface area contributed by atoms with Gasteiger partial charge in [-0.3, -0.25) is 14.7 Å². The summed E-state index contributed by atoms with van der Waals surface area (Å²) >= 11 is 0. The Balaban J connectivity index is 1.40. The Morgan fingerprint density at radius 1 is 0.567 bits per heavy atom. The highest BCUT2D eigenvalue weighted by Gasteiger charge is 2.22. The zero-order valence-corrected chi connectivity index (χ0v) is 18.9. The molecule has 0 N–H and O–H groups in total. The number of nitrogens with zero attached hydrogens (tertiary/aromatic N) is 7. The molecule has 0 unspecified atom stereocenters. The molecule has 1 aliphatic heterocycles. The first-order chi connectivity index (χ1) is 14.8. The van der Waals surface area contributed by atoms with E-state index >= 15 is 0 Å². The summed E-state index contributed by atoms with van der Waals surface area (Å²) in [4.78, 5) is 16.2. The molecular weight excluding hydrogens is 374 g/mol. The van der Waals surface area contributed by atoms with Crippen molar-refractivity contribution in [2.75, 3.05) is 39.6 Å². The van der Waals surface area contributed by atoms with Crippen molar-refractivity contribution in [1.82, 2.24) is 33.8 Å². The van der Waals surface area contributed by atoms with Crippen molar-refractivity contribution < 1.29 is 0 Å². The Morgan fingerprint density at radius 3 is 1.50 bits per heavy atom. The minimum atomic E-state index is 1.05. The molecule has 0 aliphatic carbocycles. The van der Waals surface area contributed by atoms with Gasteiger partial charge < -0.3 is 9.13 Å². The van der Waals surface area contributed by atoms with Crippen LogP contribution >= 0.6 is 0 Å². The van der Waals surface area contributed by atoms with E-state index in [9.17, 15) is 0 Å². The fourth-order valence-corrected chi connectivity index (χ4v) is 4.31. The Morgan fingerprint density at radius 2 is 1.03 bits per heavy atom. The summed E-state index contributed by atoms with van der Waals surface area (Å²) in [6.45, 7) is 11.2. The van der Waals surface area contributed by atoms with Crippen molar-refractivity contribution in [3.8, 4) is 0 Å². The summed E-state index contributed by atoms with van der Waals surface area (Å²) in [6.07, 6.45) is 22.2. The molecule has 0 bridgehead atoms. The molecule has 0 spiro atoms. The molecule has 1 fully saturated rings. The highest BCUT2D eigenvalue weighted by Crippen LogP contribution is 2.12. The number of aromatic nitrogens is 4. The van der Waals surface area contributed by atoms with Crippen LogP contribution in [-0.2, 0) is 13.1 Å². The van der Waals surface area contributed by atoms with Crippen molar-refractivity contribution in [3.05, 3.63) is 37.4 Å². The van der Waals surface area contributed by atoms with Crippen molar-refractivity contribution in [3.63, 3.8) is 0 Å². The number of imidazole rings is 2. The minimum Gasteiger partial charge on any atom is -0.337 e. The van der Waals surface area contributed by atoms with Gasteiger partial charge in [0.25, 0.3) is 0 Å². The third-order valence-electron chi connectivity index (χ3n) is 5.93. The Hall–Kier alpha value is -1.70. The first kappa shape index (κ1) is 23.0. The molecule has 3 rings (SSSR count). The van der Waals surface area contributed by atoms with Crippen LogP contribution in [0.3, 0.4) is 0 Å². The maximum Gasteiger partial charge on any atom is 0.0945 e. The van der Waals surface area contributed by atoms with Crippen LogP contribution in [0, 0.1) is 0 Å². The Labute approximate surface area is 182 Å². The molecule has 2 aromatic rings. The van der Waals surface area contributed by atoms with E-state index in [0.717, 1.165) is 46.2 Å². The van der Waals surface area contributed by atoms with Gasteiger partial charge in [0.1, 0.15) is 0 Å². The molecular formula is C23H41N7. The molecule has 0 saturated carbocycles. The molecule has 2 aromatic heterocycles. The lowest BCUT2D eigenvalue weighted by Crippen LogP contribution is -2.55. The summed E-state index contributed by atoms with van der Waals surface area (Å²) in [5.74, 6) is 0. The van der Waals surface area contributed by atoms with Crippen molar-refractivity contribution in [2.45, 2.75) is 71.4 Å². The third-order valence-corrected chi connectivity index (χ3v) is 5.93. The smallest absolute Gasteiger partial charge is 0.0945 e. The second-order valence-corrected chi connectivity index (χ2v) is 8.68. The molecule has 0 atom stereocenters. The summed E-state index contributed by atoms with van der Waals surface area (Å²) in [5.41, 5.74) is 0. The van der Waals surface area contributed by atoms with Gasteiger partial charge in [0.05, 0.1) is 32.7 Å². The van der Waals surface area contributed by atoms with Crippen LogP contribution in [0.15, 0.2) is 37.4 Å². The van der Waals surface area contributed by atoms with E-state index in [2.05, 4.69) is 53.1 Å². The molecule has 7 heteroatoms. The van der Waals surface area contributed by atoms with Crippen molar-refractivity contribution in [1.29, 1.82) is 0 Å². The van der Waals surface area contributed by atoms with Gasteiger partial charge in [-0.1, -0.05) is 39.0 Å². The van der Waals surface area contributed by atoms with E-state index in [0.29, 0.717) is 0 Å². The maximum absolute atomic E-state index is 4.15. The molecule has 30 heavy (non-hydrogen) atoms. The van der Waals surface area contributed by atoms with Crippen LogP contribution in [0.5, 0.6) is 0 Å². The number of aryl methyl sites for hydroxylation is 2. The van der Waals surface area contributed by atoms with Gasteiger partial charge in [-0.15, -0.1) is 0 Å². The van der Waals surface area contributed by atoms with Crippen LogP contribution in [0.25, 0.3) is 0 Å². The summed E-state index contributed by atoms with van der Waals surface area (Å²) in [7, 11) is 0. The number of hydrogen-bond donors (Lipinski definition) is 0. The molecule has 168 valence electrons. The average Bonchev–Trinajstić information content (AvgIpc) is 3.45. The first-order valence-corrected chi connectivity index (χ1v) is 11.9. The van der Waals surface area contributed by atoms with E-state index in [1.807, 2.05) is 25.0 Å². The summed E-state index contributed by atoms with van der Waals surface area (Å²) in [6, 6.07) is 0. The molecule has 0 amide bonds. The number of hydrogen-bond acceptors (Lipinski definition) is 5. The van der Waals surface area contributed by atoms with Crippen LogP contribution in [0.4, 0.5) is 0 Å². The molecule has 1 aliphatic rings. The predicted octanol–water partition coefficient (Wildman–Crippen LogP) is 3.71. The maximum atomic E-state index is 4.15. The van der Waals surface area contributed by atoms with Gasteiger partial charge >= 0.3 is 0 Å². The zero-order chi connectivity index (χ0) is 20.9. The highest BCUT2D eigenvalue weighted by molar-refractivity contribution is 4.76. The standard InChI is InChI=1S/C23H41N7/c1-2-3-4-5-6-7-12-28-21-29(15-8-13-26-17-10-24-19-26)23-30(22-28)16-9-14-27-18-11-25-20-27/h10-11,17-20H,2-9,12-16,21-23H2,1H3. The fourth-order valence-electron chi connectivity index (χ4n) is 4.31. The largest absolute Gasteiger partial charge is 0.337 e. The monoisotopic (exact) mass is 415 g/mol. The third kappa shape index (κ3) is 8.58.